The predicted molar refractivity (Wildman–Crippen MR) is 72.0 cm³/mol. The fraction of sp³-hybridized carbons (Fsp3) is 0.429. The number of para-hydroxylation sites is 1. The second-order valence-electron chi connectivity index (χ2n) is 4.72. The van der Waals surface area contributed by atoms with Crippen molar-refractivity contribution in [1.29, 1.82) is 0 Å². The molecule has 0 saturated carbocycles. The molecule has 6 heteroatoms. The van der Waals surface area contributed by atoms with E-state index in [0.29, 0.717) is 18.6 Å². The van der Waals surface area contributed by atoms with Gasteiger partial charge in [-0.1, -0.05) is 18.2 Å². The van der Waals surface area contributed by atoms with Gasteiger partial charge in [0.05, 0.1) is 19.6 Å². The van der Waals surface area contributed by atoms with Gasteiger partial charge in [-0.2, -0.15) is 0 Å². The van der Waals surface area contributed by atoms with Crippen LogP contribution in [0.1, 0.15) is 12.0 Å². The minimum atomic E-state index is -0.603. The molecule has 1 saturated heterocycles. The van der Waals surface area contributed by atoms with Crippen LogP contribution in [0.5, 0.6) is 5.75 Å². The van der Waals surface area contributed by atoms with Crippen LogP contribution in [0.3, 0.4) is 0 Å². The summed E-state index contributed by atoms with van der Waals surface area (Å²) in [5, 5.41) is 12.2. The summed E-state index contributed by atoms with van der Waals surface area (Å²) in [4.78, 5) is 24.4. The Kier molecular flexibility index (Phi) is 4.57. The molecular weight excluding hydrogens is 260 g/mol. The summed E-state index contributed by atoms with van der Waals surface area (Å²) in [5.41, 5.74) is 0.784. The fourth-order valence-corrected chi connectivity index (χ4v) is 2.44. The predicted octanol–water partition coefficient (Wildman–Crippen LogP) is -0.0970. The Morgan fingerprint density at radius 1 is 1.55 bits per heavy atom. The highest BCUT2D eigenvalue weighted by molar-refractivity contribution is 5.80. The summed E-state index contributed by atoms with van der Waals surface area (Å²) in [6.07, 6.45) is 0.0368. The maximum atomic E-state index is 12.3. The van der Waals surface area contributed by atoms with Crippen molar-refractivity contribution in [3.63, 3.8) is 0 Å². The third-order valence-electron chi connectivity index (χ3n) is 3.39. The van der Waals surface area contributed by atoms with Crippen molar-refractivity contribution in [2.24, 2.45) is 0 Å². The molecule has 2 rings (SSSR count). The summed E-state index contributed by atoms with van der Waals surface area (Å²) in [7, 11) is 1.56. The van der Waals surface area contributed by atoms with E-state index >= 15 is 0 Å². The largest absolute Gasteiger partial charge is 0.496 e. The van der Waals surface area contributed by atoms with Gasteiger partial charge in [0.1, 0.15) is 11.9 Å². The highest BCUT2D eigenvalue weighted by Gasteiger charge is 2.34. The monoisotopic (exact) mass is 278 g/mol. The lowest BCUT2D eigenvalue weighted by Crippen LogP contribution is -2.44. The lowest BCUT2D eigenvalue weighted by Gasteiger charge is -2.24. The standard InChI is InChI=1S/C14H18N2O4/c1-20-12-5-3-2-4-10(12)6-14(19)16-8-11(18)7-13(16)15-9-17/h2-5,9,11,13,18H,6-8H2,1H3,(H,15,17). The minimum Gasteiger partial charge on any atom is -0.496 e. The molecule has 0 radical (unpaired) electrons. The smallest absolute Gasteiger partial charge is 0.228 e. The Morgan fingerprint density at radius 3 is 3.00 bits per heavy atom. The van der Waals surface area contributed by atoms with E-state index in [-0.39, 0.29) is 18.9 Å². The van der Waals surface area contributed by atoms with Gasteiger partial charge in [0.25, 0.3) is 0 Å². The molecule has 0 bridgehead atoms. The zero-order valence-corrected chi connectivity index (χ0v) is 11.3. The van der Waals surface area contributed by atoms with Gasteiger partial charge in [-0.3, -0.25) is 9.59 Å². The zero-order valence-electron chi connectivity index (χ0n) is 11.3. The highest BCUT2D eigenvalue weighted by Crippen LogP contribution is 2.21. The Labute approximate surface area is 117 Å². The molecule has 6 nitrogen and oxygen atoms in total. The second-order valence-corrected chi connectivity index (χ2v) is 4.72. The lowest BCUT2D eigenvalue weighted by atomic mass is 10.1. The molecule has 2 atom stereocenters. The quantitative estimate of drug-likeness (QED) is 0.737. The number of β-amino-alcohol motifs (C(OH)–C–C–N with tert-alkyl or cyclic N) is 1. The second kappa shape index (κ2) is 6.38. The first kappa shape index (κ1) is 14.3. The molecule has 2 amide bonds. The SMILES string of the molecule is COc1ccccc1CC(=O)N1CC(O)CC1NC=O. The molecule has 1 heterocycles. The van der Waals surface area contributed by atoms with Crippen LogP contribution >= 0.6 is 0 Å². The molecule has 1 aromatic carbocycles. The van der Waals surface area contributed by atoms with E-state index in [1.807, 2.05) is 18.2 Å². The summed E-state index contributed by atoms with van der Waals surface area (Å²) >= 11 is 0. The Bertz CT molecular complexity index is 492. The molecule has 0 aliphatic carbocycles. The van der Waals surface area contributed by atoms with E-state index < -0.39 is 12.3 Å². The van der Waals surface area contributed by atoms with Gasteiger partial charge in [-0.05, 0) is 6.07 Å². The molecule has 108 valence electrons. The average Bonchev–Trinajstić information content (AvgIpc) is 2.81. The van der Waals surface area contributed by atoms with E-state index in [9.17, 15) is 14.7 Å². The molecule has 2 N–H and O–H groups in total. The molecule has 20 heavy (non-hydrogen) atoms. The third kappa shape index (κ3) is 3.08. The topological polar surface area (TPSA) is 78.9 Å². The normalized spacial score (nSPS) is 21.6. The number of carbonyl (C=O) groups is 2. The summed E-state index contributed by atoms with van der Waals surface area (Å²) in [5.74, 6) is 0.505. The number of amides is 2. The first-order valence-electron chi connectivity index (χ1n) is 6.44. The van der Waals surface area contributed by atoms with Crippen molar-refractivity contribution < 1.29 is 19.4 Å². The summed E-state index contributed by atoms with van der Waals surface area (Å²) in [6.45, 7) is 0.236. The van der Waals surface area contributed by atoms with E-state index in [4.69, 9.17) is 4.74 Å². The van der Waals surface area contributed by atoms with Gasteiger partial charge in [0.2, 0.25) is 12.3 Å². The van der Waals surface area contributed by atoms with Gasteiger partial charge < -0.3 is 20.1 Å². The molecule has 0 spiro atoms. The van der Waals surface area contributed by atoms with Crippen LogP contribution in [0.4, 0.5) is 0 Å². The molecule has 1 aromatic rings. The fourth-order valence-electron chi connectivity index (χ4n) is 2.44. The average molecular weight is 278 g/mol. The van der Waals surface area contributed by atoms with E-state index in [2.05, 4.69) is 5.32 Å². The van der Waals surface area contributed by atoms with E-state index in [1.165, 1.54) is 4.90 Å². The van der Waals surface area contributed by atoms with Crippen LogP contribution in [0.15, 0.2) is 24.3 Å². The Balaban J connectivity index is 2.09. The highest BCUT2D eigenvalue weighted by atomic mass is 16.5. The minimum absolute atomic E-state index is 0.148. The number of ether oxygens (including phenoxy) is 1. The number of nitrogens with one attached hydrogen (secondary N) is 1. The van der Waals surface area contributed by atoms with Crippen LogP contribution < -0.4 is 10.1 Å². The Hall–Kier alpha value is -2.08. The van der Waals surface area contributed by atoms with Crippen molar-refractivity contribution in [2.75, 3.05) is 13.7 Å². The number of hydrogen-bond donors (Lipinski definition) is 2. The van der Waals surface area contributed by atoms with Crippen molar-refractivity contribution >= 4 is 12.3 Å². The van der Waals surface area contributed by atoms with Crippen LogP contribution in [0.25, 0.3) is 0 Å². The number of aliphatic hydroxyl groups is 1. The Morgan fingerprint density at radius 2 is 2.30 bits per heavy atom. The first-order valence-corrected chi connectivity index (χ1v) is 6.44. The van der Waals surface area contributed by atoms with Crippen LogP contribution in [0.2, 0.25) is 0 Å². The van der Waals surface area contributed by atoms with Crippen LogP contribution in [0, 0.1) is 0 Å². The summed E-state index contributed by atoms with van der Waals surface area (Å²) < 4.78 is 5.21. The number of hydrogen-bond acceptors (Lipinski definition) is 4. The molecule has 1 fully saturated rings. The number of carbonyl (C=O) groups excluding carboxylic acids is 2. The van der Waals surface area contributed by atoms with Gasteiger partial charge in [0, 0.05) is 18.5 Å². The van der Waals surface area contributed by atoms with Gasteiger partial charge in [-0.25, -0.2) is 0 Å². The molecule has 1 aliphatic rings. The number of benzene rings is 1. The van der Waals surface area contributed by atoms with Crippen LogP contribution in [-0.2, 0) is 16.0 Å². The van der Waals surface area contributed by atoms with Crippen molar-refractivity contribution in [3.8, 4) is 5.75 Å². The van der Waals surface area contributed by atoms with Crippen molar-refractivity contribution in [3.05, 3.63) is 29.8 Å². The van der Waals surface area contributed by atoms with Gasteiger partial charge in [-0.15, -0.1) is 0 Å². The maximum absolute atomic E-state index is 12.3. The van der Waals surface area contributed by atoms with Crippen LogP contribution in [-0.4, -0.2) is 48.2 Å². The molecular formula is C14H18N2O4. The molecule has 0 aromatic heterocycles. The van der Waals surface area contributed by atoms with E-state index in [1.54, 1.807) is 13.2 Å². The van der Waals surface area contributed by atoms with Crippen molar-refractivity contribution in [1.82, 2.24) is 10.2 Å². The van der Waals surface area contributed by atoms with Gasteiger partial charge >= 0.3 is 0 Å². The van der Waals surface area contributed by atoms with Gasteiger partial charge in [0.15, 0.2) is 0 Å². The number of methoxy groups -OCH3 is 1. The number of nitrogens with zero attached hydrogens (tertiary/aromatic N) is 1. The third-order valence-corrected chi connectivity index (χ3v) is 3.39. The first-order chi connectivity index (χ1) is 9.65. The number of likely N-dealkylation sites (tertiary alicyclic amines) is 1. The zero-order chi connectivity index (χ0) is 14.5. The molecule has 2 unspecified atom stereocenters. The van der Waals surface area contributed by atoms with Crippen molar-refractivity contribution in [2.45, 2.75) is 25.1 Å². The number of aliphatic hydroxyl groups excluding tert-OH is 1. The van der Waals surface area contributed by atoms with E-state index in [0.717, 1.165) is 5.56 Å². The molecule has 1 aliphatic heterocycles. The number of rotatable bonds is 5. The lowest BCUT2D eigenvalue weighted by molar-refractivity contribution is -0.132. The maximum Gasteiger partial charge on any atom is 0.228 e. The summed E-state index contributed by atoms with van der Waals surface area (Å²) in [6, 6.07) is 7.29.